The molecule has 4 nitrogen and oxygen atoms in total. The third-order valence-corrected chi connectivity index (χ3v) is 2.76. The van der Waals surface area contributed by atoms with Gasteiger partial charge >= 0.3 is 6.18 Å². The minimum atomic E-state index is -4.47. The van der Waals surface area contributed by atoms with Crippen LogP contribution in [-0.2, 0) is 6.18 Å². The Bertz CT molecular complexity index is 683. The number of alkyl halides is 3. The highest BCUT2D eigenvalue weighted by atomic mass is 19.4. The topological polar surface area (TPSA) is 68.0 Å². The highest BCUT2D eigenvalue weighted by molar-refractivity contribution is 6.07. The first-order valence-corrected chi connectivity index (χ1v) is 5.99. The number of carbonyl (C=O) groups excluding carboxylic acids is 1. The number of nitrogen functional groups attached to an aromatic ring is 1. The molecule has 0 aliphatic carbocycles. The SMILES string of the molecule is Cc1ccc(C(=O)Nc2cccc(C(F)(F)F)c2)c(N)n1. The van der Waals surface area contributed by atoms with E-state index in [0.29, 0.717) is 5.69 Å². The van der Waals surface area contributed by atoms with E-state index in [1.165, 1.54) is 18.2 Å². The lowest BCUT2D eigenvalue weighted by molar-refractivity contribution is -0.137. The molecule has 1 heterocycles. The van der Waals surface area contributed by atoms with Crippen molar-refractivity contribution in [1.82, 2.24) is 4.98 Å². The first kappa shape index (κ1) is 14.8. The number of carbonyl (C=O) groups is 1. The summed E-state index contributed by atoms with van der Waals surface area (Å²) in [7, 11) is 0. The summed E-state index contributed by atoms with van der Waals surface area (Å²) in [5, 5.41) is 2.37. The maximum absolute atomic E-state index is 12.6. The third-order valence-electron chi connectivity index (χ3n) is 2.76. The van der Waals surface area contributed by atoms with Crippen molar-refractivity contribution in [3.8, 4) is 0 Å². The quantitative estimate of drug-likeness (QED) is 0.893. The minimum Gasteiger partial charge on any atom is -0.383 e. The van der Waals surface area contributed by atoms with Gasteiger partial charge in [-0.05, 0) is 37.3 Å². The molecule has 0 radical (unpaired) electrons. The Hall–Kier alpha value is -2.57. The van der Waals surface area contributed by atoms with Gasteiger partial charge in [0, 0.05) is 11.4 Å². The highest BCUT2D eigenvalue weighted by Gasteiger charge is 2.30. The number of hydrogen-bond acceptors (Lipinski definition) is 3. The van der Waals surface area contributed by atoms with Crippen molar-refractivity contribution in [2.75, 3.05) is 11.1 Å². The fourth-order valence-electron chi connectivity index (χ4n) is 1.74. The van der Waals surface area contributed by atoms with Gasteiger partial charge in [0.15, 0.2) is 0 Å². The van der Waals surface area contributed by atoms with Gasteiger partial charge in [-0.25, -0.2) is 4.98 Å². The number of hydrogen-bond donors (Lipinski definition) is 2. The molecule has 0 spiro atoms. The van der Waals surface area contributed by atoms with E-state index in [1.54, 1.807) is 13.0 Å². The van der Waals surface area contributed by atoms with E-state index in [-0.39, 0.29) is 17.1 Å². The van der Waals surface area contributed by atoms with Gasteiger partial charge in [0.05, 0.1) is 11.1 Å². The fourth-order valence-corrected chi connectivity index (χ4v) is 1.74. The normalized spacial score (nSPS) is 11.2. The van der Waals surface area contributed by atoms with Gasteiger partial charge < -0.3 is 11.1 Å². The van der Waals surface area contributed by atoms with Crippen molar-refractivity contribution in [1.29, 1.82) is 0 Å². The van der Waals surface area contributed by atoms with Crippen molar-refractivity contribution < 1.29 is 18.0 Å². The molecule has 7 heteroatoms. The number of nitrogens with two attached hydrogens (primary N) is 1. The summed E-state index contributed by atoms with van der Waals surface area (Å²) >= 11 is 0. The van der Waals surface area contributed by atoms with Crippen LogP contribution in [0.5, 0.6) is 0 Å². The lowest BCUT2D eigenvalue weighted by Gasteiger charge is -2.10. The minimum absolute atomic E-state index is 0.0273. The van der Waals surface area contributed by atoms with Crippen LogP contribution in [0.4, 0.5) is 24.7 Å². The van der Waals surface area contributed by atoms with Crippen molar-refractivity contribution in [2.45, 2.75) is 13.1 Å². The van der Waals surface area contributed by atoms with Gasteiger partial charge in [-0.15, -0.1) is 0 Å². The summed E-state index contributed by atoms with van der Waals surface area (Å²) in [6.07, 6.45) is -4.47. The molecule has 0 saturated heterocycles. The second-order valence-corrected chi connectivity index (χ2v) is 4.42. The number of aryl methyl sites for hydroxylation is 1. The Morgan fingerprint density at radius 3 is 2.57 bits per heavy atom. The largest absolute Gasteiger partial charge is 0.416 e. The van der Waals surface area contributed by atoms with Gasteiger partial charge in [0.1, 0.15) is 5.82 Å². The molecular weight excluding hydrogens is 283 g/mol. The molecule has 0 unspecified atom stereocenters. The Morgan fingerprint density at radius 2 is 1.95 bits per heavy atom. The Labute approximate surface area is 118 Å². The van der Waals surface area contributed by atoms with Crippen LogP contribution < -0.4 is 11.1 Å². The standard InChI is InChI=1S/C14H12F3N3O/c1-8-5-6-11(12(18)19-8)13(21)20-10-4-2-3-9(7-10)14(15,16)17/h2-7H,1H3,(H2,18,19)(H,20,21). The van der Waals surface area contributed by atoms with Crippen LogP contribution in [0.1, 0.15) is 21.6 Å². The molecule has 0 aliphatic heterocycles. The first-order chi connectivity index (χ1) is 9.77. The zero-order chi connectivity index (χ0) is 15.6. The maximum atomic E-state index is 12.6. The average Bonchev–Trinajstić information content (AvgIpc) is 2.37. The second-order valence-electron chi connectivity index (χ2n) is 4.42. The third kappa shape index (κ3) is 3.50. The van der Waals surface area contributed by atoms with E-state index >= 15 is 0 Å². The second kappa shape index (κ2) is 5.43. The molecule has 110 valence electrons. The van der Waals surface area contributed by atoms with Gasteiger partial charge in [0.25, 0.3) is 5.91 Å². The number of rotatable bonds is 2. The molecule has 1 aromatic heterocycles. The molecular formula is C14H12F3N3O. The highest BCUT2D eigenvalue weighted by Crippen LogP contribution is 2.30. The van der Waals surface area contributed by atoms with Crippen LogP contribution in [0.2, 0.25) is 0 Å². The van der Waals surface area contributed by atoms with Crippen LogP contribution >= 0.6 is 0 Å². The Balaban J connectivity index is 2.24. The number of aromatic nitrogens is 1. The molecule has 0 aliphatic rings. The van der Waals surface area contributed by atoms with Gasteiger partial charge in [-0.3, -0.25) is 4.79 Å². The molecule has 1 amide bonds. The van der Waals surface area contributed by atoms with Crippen LogP contribution in [0.3, 0.4) is 0 Å². The van der Waals surface area contributed by atoms with Crippen molar-refractivity contribution in [3.05, 3.63) is 53.2 Å². The number of benzene rings is 1. The van der Waals surface area contributed by atoms with Crippen LogP contribution in [0.15, 0.2) is 36.4 Å². The van der Waals surface area contributed by atoms with Crippen LogP contribution in [0, 0.1) is 6.92 Å². The summed E-state index contributed by atoms with van der Waals surface area (Å²) in [5.41, 5.74) is 5.57. The van der Waals surface area contributed by atoms with Gasteiger partial charge in [0.2, 0.25) is 0 Å². The van der Waals surface area contributed by atoms with E-state index in [2.05, 4.69) is 10.3 Å². The summed E-state index contributed by atoms with van der Waals surface area (Å²) < 4.78 is 37.8. The zero-order valence-corrected chi connectivity index (χ0v) is 11.0. The Morgan fingerprint density at radius 1 is 1.24 bits per heavy atom. The molecule has 21 heavy (non-hydrogen) atoms. The number of pyridine rings is 1. The molecule has 1 aromatic carbocycles. The zero-order valence-electron chi connectivity index (χ0n) is 11.0. The molecule has 0 atom stereocenters. The van der Waals surface area contributed by atoms with E-state index in [9.17, 15) is 18.0 Å². The summed E-state index contributed by atoms with van der Waals surface area (Å²) in [6.45, 7) is 1.71. The van der Waals surface area contributed by atoms with Gasteiger partial charge in [-0.2, -0.15) is 13.2 Å². The summed E-state index contributed by atoms with van der Waals surface area (Å²) in [5.74, 6) is -0.584. The fraction of sp³-hybridized carbons (Fsp3) is 0.143. The number of nitrogens with one attached hydrogen (secondary N) is 1. The molecule has 2 rings (SSSR count). The van der Waals surface area contributed by atoms with E-state index < -0.39 is 17.6 Å². The number of nitrogens with zero attached hydrogens (tertiary/aromatic N) is 1. The number of amides is 1. The van der Waals surface area contributed by atoms with E-state index in [0.717, 1.165) is 12.1 Å². The maximum Gasteiger partial charge on any atom is 0.416 e. The van der Waals surface area contributed by atoms with Crippen molar-refractivity contribution >= 4 is 17.4 Å². The number of halogens is 3. The molecule has 0 saturated carbocycles. The van der Waals surface area contributed by atoms with Crippen molar-refractivity contribution in [2.24, 2.45) is 0 Å². The predicted molar refractivity (Wildman–Crippen MR) is 72.8 cm³/mol. The molecule has 2 aromatic rings. The Kier molecular flexibility index (Phi) is 3.84. The number of anilines is 2. The summed E-state index contributed by atoms with van der Waals surface area (Å²) in [4.78, 5) is 15.9. The monoisotopic (exact) mass is 295 g/mol. The predicted octanol–water partition coefficient (Wildman–Crippen LogP) is 3.24. The van der Waals surface area contributed by atoms with E-state index in [1.807, 2.05) is 0 Å². The van der Waals surface area contributed by atoms with Gasteiger partial charge in [-0.1, -0.05) is 6.07 Å². The lowest BCUT2D eigenvalue weighted by atomic mass is 10.1. The smallest absolute Gasteiger partial charge is 0.383 e. The lowest BCUT2D eigenvalue weighted by Crippen LogP contribution is -2.15. The van der Waals surface area contributed by atoms with E-state index in [4.69, 9.17) is 5.73 Å². The molecule has 3 N–H and O–H groups in total. The summed E-state index contributed by atoms with van der Waals surface area (Å²) in [6, 6.07) is 7.44. The average molecular weight is 295 g/mol. The molecule has 0 bridgehead atoms. The first-order valence-electron chi connectivity index (χ1n) is 5.99. The van der Waals surface area contributed by atoms with Crippen molar-refractivity contribution in [3.63, 3.8) is 0 Å². The van der Waals surface area contributed by atoms with Crippen LogP contribution in [0.25, 0.3) is 0 Å². The molecule has 0 fully saturated rings. The van der Waals surface area contributed by atoms with Crippen LogP contribution in [-0.4, -0.2) is 10.9 Å².